The maximum Gasteiger partial charge on any atom is 0.231 e. The molecule has 154 valence electrons. The summed E-state index contributed by atoms with van der Waals surface area (Å²) in [6, 6.07) is 15.7. The number of ketones is 1. The van der Waals surface area contributed by atoms with E-state index in [1.165, 1.54) is 6.07 Å². The van der Waals surface area contributed by atoms with Gasteiger partial charge < -0.3 is 21.9 Å². The maximum atomic E-state index is 13.8. The second kappa shape index (κ2) is 9.55. The standard InChI is InChI=1S/C24H21FNO3.ClH/c1-2-13-28-19-7-8-20-22(15-19)29-23(24(20)27)14-17-9-11-26(12-10-17)16-18-5-3-4-6-21(18)25;/h3-12,14-15H,2,13,16H2,1H3;1H/q+1;/p-1/b23-14-;. The summed E-state index contributed by atoms with van der Waals surface area (Å²) < 4.78 is 27.0. The summed E-state index contributed by atoms with van der Waals surface area (Å²) in [7, 11) is 0. The Kier molecular flexibility index (Phi) is 6.85. The van der Waals surface area contributed by atoms with Gasteiger partial charge in [-0.05, 0) is 42.3 Å². The molecule has 3 aromatic rings. The number of halogens is 2. The van der Waals surface area contributed by atoms with E-state index in [1.807, 2.05) is 42.1 Å². The molecular weight excluding hydrogens is 405 g/mol. The minimum Gasteiger partial charge on any atom is -1.00 e. The van der Waals surface area contributed by atoms with Gasteiger partial charge in [0, 0.05) is 18.2 Å². The van der Waals surface area contributed by atoms with Crippen molar-refractivity contribution in [1.82, 2.24) is 0 Å². The SMILES string of the molecule is CCCOc1ccc2c(c1)O/C(=C\c1cc[n+](Cc3ccccc3F)cc1)C2=O.[Cl-]. The average Bonchev–Trinajstić information content (AvgIpc) is 3.04. The van der Waals surface area contributed by atoms with Crippen molar-refractivity contribution in [2.24, 2.45) is 0 Å². The molecule has 30 heavy (non-hydrogen) atoms. The van der Waals surface area contributed by atoms with Crippen LogP contribution in [0.2, 0.25) is 0 Å². The lowest BCUT2D eigenvalue weighted by Crippen LogP contribution is -3.00. The molecule has 0 N–H and O–H groups in total. The van der Waals surface area contributed by atoms with Crippen LogP contribution in [-0.2, 0) is 6.54 Å². The summed E-state index contributed by atoms with van der Waals surface area (Å²) in [4.78, 5) is 12.6. The van der Waals surface area contributed by atoms with Crippen molar-refractivity contribution in [2.45, 2.75) is 19.9 Å². The first-order chi connectivity index (χ1) is 14.1. The molecule has 0 radical (unpaired) electrons. The first-order valence-electron chi connectivity index (χ1n) is 9.57. The van der Waals surface area contributed by atoms with E-state index >= 15 is 0 Å². The fourth-order valence-corrected chi connectivity index (χ4v) is 3.12. The monoisotopic (exact) mass is 425 g/mol. The van der Waals surface area contributed by atoms with Gasteiger partial charge in [0.2, 0.25) is 5.78 Å². The second-order valence-electron chi connectivity index (χ2n) is 6.84. The zero-order valence-corrected chi connectivity index (χ0v) is 17.2. The molecule has 6 heteroatoms. The Labute approximate surface area is 181 Å². The van der Waals surface area contributed by atoms with Crippen LogP contribution in [0.5, 0.6) is 11.5 Å². The van der Waals surface area contributed by atoms with Gasteiger partial charge in [-0.1, -0.05) is 19.1 Å². The number of fused-ring (bicyclic) bond motifs is 1. The zero-order chi connectivity index (χ0) is 20.2. The minimum atomic E-state index is -0.226. The molecule has 0 fully saturated rings. The van der Waals surface area contributed by atoms with E-state index in [0.29, 0.717) is 35.8 Å². The highest BCUT2D eigenvalue weighted by atomic mass is 35.5. The number of hydrogen-bond acceptors (Lipinski definition) is 3. The largest absolute Gasteiger partial charge is 1.00 e. The fourth-order valence-electron chi connectivity index (χ4n) is 3.12. The van der Waals surface area contributed by atoms with Crippen LogP contribution < -0.4 is 26.4 Å². The van der Waals surface area contributed by atoms with Crippen LogP contribution in [0, 0.1) is 5.82 Å². The molecule has 1 aliphatic rings. The van der Waals surface area contributed by atoms with Crippen LogP contribution in [0.25, 0.3) is 6.08 Å². The normalized spacial score (nSPS) is 13.5. The quantitative estimate of drug-likeness (QED) is 0.444. The Morgan fingerprint density at radius 1 is 1.10 bits per heavy atom. The highest BCUT2D eigenvalue weighted by Gasteiger charge is 2.27. The highest BCUT2D eigenvalue weighted by Crippen LogP contribution is 2.34. The molecule has 0 unspecified atom stereocenters. The number of carbonyl (C=O) groups excluding carboxylic acids is 1. The van der Waals surface area contributed by atoms with E-state index < -0.39 is 0 Å². The number of nitrogens with zero attached hydrogens (tertiary/aromatic N) is 1. The van der Waals surface area contributed by atoms with E-state index in [2.05, 4.69) is 0 Å². The number of allylic oxidation sites excluding steroid dienone is 1. The fraction of sp³-hybridized carbons (Fsp3) is 0.167. The van der Waals surface area contributed by atoms with Crippen LogP contribution >= 0.6 is 0 Å². The van der Waals surface area contributed by atoms with E-state index in [9.17, 15) is 9.18 Å². The third-order valence-electron chi connectivity index (χ3n) is 4.64. The van der Waals surface area contributed by atoms with Crippen LogP contribution in [0.4, 0.5) is 4.39 Å². The van der Waals surface area contributed by atoms with Crippen molar-refractivity contribution in [3.63, 3.8) is 0 Å². The van der Waals surface area contributed by atoms with E-state index in [-0.39, 0.29) is 29.8 Å². The molecule has 1 aromatic heterocycles. The lowest BCUT2D eigenvalue weighted by molar-refractivity contribution is -0.688. The summed E-state index contributed by atoms with van der Waals surface area (Å²) in [5.41, 5.74) is 1.98. The number of ether oxygens (including phenoxy) is 2. The lowest BCUT2D eigenvalue weighted by Gasteiger charge is -2.05. The molecule has 4 rings (SSSR count). The molecule has 2 heterocycles. The minimum absolute atomic E-state index is 0. The van der Waals surface area contributed by atoms with Crippen molar-refractivity contribution in [3.8, 4) is 11.5 Å². The van der Waals surface area contributed by atoms with Crippen molar-refractivity contribution >= 4 is 11.9 Å². The van der Waals surface area contributed by atoms with Gasteiger partial charge in [0.25, 0.3) is 0 Å². The Morgan fingerprint density at radius 3 is 2.60 bits per heavy atom. The van der Waals surface area contributed by atoms with Crippen LogP contribution in [0.1, 0.15) is 34.8 Å². The lowest BCUT2D eigenvalue weighted by atomic mass is 10.1. The number of hydrogen-bond donors (Lipinski definition) is 0. The van der Waals surface area contributed by atoms with Gasteiger partial charge in [0.05, 0.1) is 17.7 Å². The topological polar surface area (TPSA) is 39.4 Å². The summed E-state index contributed by atoms with van der Waals surface area (Å²) in [5.74, 6) is 1.11. The molecule has 0 amide bonds. The summed E-state index contributed by atoms with van der Waals surface area (Å²) in [5, 5.41) is 0. The van der Waals surface area contributed by atoms with Gasteiger partial charge in [-0.2, -0.15) is 0 Å². The molecule has 4 nitrogen and oxygen atoms in total. The van der Waals surface area contributed by atoms with Crippen molar-refractivity contribution in [1.29, 1.82) is 0 Å². The Bertz CT molecular complexity index is 1080. The molecule has 0 spiro atoms. The number of rotatable bonds is 6. The summed E-state index contributed by atoms with van der Waals surface area (Å²) >= 11 is 0. The number of Topliss-reactive ketones (excluding diaryl/α,β-unsaturated/α-hetero) is 1. The van der Waals surface area contributed by atoms with Crippen molar-refractivity contribution in [3.05, 3.63) is 95.3 Å². The molecule has 0 saturated heterocycles. The van der Waals surface area contributed by atoms with E-state index in [1.54, 1.807) is 36.4 Å². The zero-order valence-electron chi connectivity index (χ0n) is 16.5. The first-order valence-corrected chi connectivity index (χ1v) is 9.57. The predicted octanol–water partition coefficient (Wildman–Crippen LogP) is 1.57. The molecule has 0 saturated carbocycles. The average molecular weight is 426 g/mol. The molecule has 1 aliphatic heterocycles. The number of aromatic nitrogens is 1. The second-order valence-corrected chi connectivity index (χ2v) is 6.84. The third kappa shape index (κ3) is 4.69. The highest BCUT2D eigenvalue weighted by molar-refractivity contribution is 6.14. The molecular formula is C24H21ClFNO3. The molecule has 0 aliphatic carbocycles. The number of carbonyl (C=O) groups is 1. The third-order valence-corrected chi connectivity index (χ3v) is 4.64. The maximum absolute atomic E-state index is 13.8. The van der Waals surface area contributed by atoms with Gasteiger partial charge in [0.15, 0.2) is 24.7 Å². The molecule has 0 bridgehead atoms. The first kappa shape index (κ1) is 21.5. The van der Waals surface area contributed by atoms with Crippen LogP contribution in [-0.4, -0.2) is 12.4 Å². The van der Waals surface area contributed by atoms with Gasteiger partial charge in [-0.15, -0.1) is 0 Å². The smallest absolute Gasteiger partial charge is 0.231 e. The van der Waals surface area contributed by atoms with Gasteiger partial charge in [0.1, 0.15) is 17.3 Å². The van der Waals surface area contributed by atoms with E-state index in [4.69, 9.17) is 9.47 Å². The van der Waals surface area contributed by atoms with Crippen LogP contribution in [0.3, 0.4) is 0 Å². The summed E-state index contributed by atoms with van der Waals surface area (Å²) in [6.45, 7) is 3.09. The Balaban J connectivity index is 0.00000256. The van der Waals surface area contributed by atoms with Gasteiger partial charge >= 0.3 is 0 Å². The van der Waals surface area contributed by atoms with Crippen LogP contribution in [0.15, 0.2) is 72.8 Å². The van der Waals surface area contributed by atoms with Gasteiger partial charge in [-0.3, -0.25) is 4.79 Å². The number of pyridine rings is 1. The van der Waals surface area contributed by atoms with E-state index in [0.717, 1.165) is 12.0 Å². The number of benzene rings is 2. The van der Waals surface area contributed by atoms with Crippen molar-refractivity contribution in [2.75, 3.05) is 6.61 Å². The summed E-state index contributed by atoms with van der Waals surface area (Å²) in [6.07, 6.45) is 6.32. The predicted molar refractivity (Wildman–Crippen MR) is 107 cm³/mol. The van der Waals surface area contributed by atoms with Crippen molar-refractivity contribution < 1.29 is 35.6 Å². The van der Waals surface area contributed by atoms with Gasteiger partial charge in [-0.25, -0.2) is 8.96 Å². The molecule has 0 atom stereocenters. The Morgan fingerprint density at radius 2 is 1.87 bits per heavy atom. The Hall–Kier alpha value is -3.18. The molecule has 2 aromatic carbocycles.